The lowest BCUT2D eigenvalue weighted by molar-refractivity contribution is 0.603. The highest BCUT2D eigenvalue weighted by Crippen LogP contribution is 2.26. The molecule has 0 saturated heterocycles. The second-order valence-corrected chi connectivity index (χ2v) is 5.07. The molecule has 3 N–H and O–H groups in total. The Labute approximate surface area is 113 Å². The van der Waals surface area contributed by atoms with E-state index in [9.17, 15) is 0 Å². The van der Waals surface area contributed by atoms with E-state index in [-0.39, 0.29) is 6.04 Å². The van der Waals surface area contributed by atoms with Crippen LogP contribution in [0.2, 0.25) is 5.02 Å². The van der Waals surface area contributed by atoms with Crippen LogP contribution in [-0.4, -0.2) is 9.78 Å². The van der Waals surface area contributed by atoms with Crippen LogP contribution in [0.15, 0.2) is 34.9 Å². The van der Waals surface area contributed by atoms with Crippen molar-refractivity contribution in [1.82, 2.24) is 15.2 Å². The maximum Gasteiger partial charge on any atom is 0.0900 e. The zero-order valence-electron chi connectivity index (χ0n) is 9.19. The number of nitrogens with two attached hydrogens (primary N) is 1. The number of aryl methyl sites for hydroxylation is 1. The second-order valence-electron chi connectivity index (χ2n) is 3.72. The summed E-state index contributed by atoms with van der Waals surface area (Å²) in [6.07, 6.45) is 1.87. The molecule has 1 aromatic heterocycles. The molecular weight excluding hydrogens is 304 g/mol. The minimum atomic E-state index is -0.175. The molecule has 4 nitrogen and oxygen atoms in total. The Morgan fingerprint density at radius 1 is 1.47 bits per heavy atom. The van der Waals surface area contributed by atoms with E-state index in [1.165, 1.54) is 0 Å². The highest BCUT2D eigenvalue weighted by molar-refractivity contribution is 9.10. The molecule has 0 bridgehead atoms. The Morgan fingerprint density at radius 2 is 2.24 bits per heavy atom. The van der Waals surface area contributed by atoms with Crippen LogP contribution in [0.3, 0.4) is 0 Å². The van der Waals surface area contributed by atoms with Crippen LogP contribution in [0, 0.1) is 0 Å². The minimum absolute atomic E-state index is 0.175. The average Bonchev–Trinajstić information content (AvgIpc) is 2.64. The molecule has 0 amide bonds. The van der Waals surface area contributed by atoms with Gasteiger partial charge in [0.2, 0.25) is 0 Å². The van der Waals surface area contributed by atoms with Gasteiger partial charge in [-0.1, -0.05) is 27.5 Å². The Kier molecular flexibility index (Phi) is 3.83. The van der Waals surface area contributed by atoms with E-state index in [1.807, 2.05) is 37.5 Å². The number of rotatable bonds is 3. The molecule has 17 heavy (non-hydrogen) atoms. The van der Waals surface area contributed by atoms with E-state index in [2.05, 4.69) is 26.5 Å². The van der Waals surface area contributed by atoms with Gasteiger partial charge < -0.3 is 0 Å². The zero-order chi connectivity index (χ0) is 12.4. The third kappa shape index (κ3) is 2.87. The van der Waals surface area contributed by atoms with E-state index < -0.39 is 0 Å². The summed E-state index contributed by atoms with van der Waals surface area (Å²) in [7, 11) is 1.87. The summed E-state index contributed by atoms with van der Waals surface area (Å²) in [4.78, 5) is 0. The van der Waals surface area contributed by atoms with Crippen molar-refractivity contribution in [2.45, 2.75) is 6.04 Å². The highest BCUT2D eigenvalue weighted by Gasteiger charge is 2.15. The zero-order valence-corrected chi connectivity index (χ0v) is 11.5. The maximum absolute atomic E-state index is 6.02. The largest absolute Gasteiger partial charge is 0.275 e. The van der Waals surface area contributed by atoms with Crippen LogP contribution in [0.1, 0.15) is 17.3 Å². The molecule has 2 aromatic rings. The van der Waals surface area contributed by atoms with Gasteiger partial charge in [-0.15, -0.1) is 0 Å². The van der Waals surface area contributed by atoms with Gasteiger partial charge in [-0.25, -0.2) is 5.43 Å². The van der Waals surface area contributed by atoms with Gasteiger partial charge in [-0.05, 0) is 29.8 Å². The van der Waals surface area contributed by atoms with Crippen LogP contribution in [0.25, 0.3) is 0 Å². The average molecular weight is 316 g/mol. The molecular formula is C11H12BrClN4. The third-order valence-corrected chi connectivity index (χ3v) is 3.09. The topological polar surface area (TPSA) is 55.9 Å². The first-order valence-electron chi connectivity index (χ1n) is 5.02. The van der Waals surface area contributed by atoms with Crippen LogP contribution in [0.4, 0.5) is 0 Å². The van der Waals surface area contributed by atoms with Gasteiger partial charge in [0.05, 0.1) is 11.7 Å². The van der Waals surface area contributed by atoms with Gasteiger partial charge in [0.15, 0.2) is 0 Å². The van der Waals surface area contributed by atoms with Gasteiger partial charge in [-0.2, -0.15) is 5.10 Å². The minimum Gasteiger partial charge on any atom is -0.275 e. The summed E-state index contributed by atoms with van der Waals surface area (Å²) in [6.45, 7) is 0. The lowest BCUT2D eigenvalue weighted by atomic mass is 10.0. The normalized spacial score (nSPS) is 12.7. The molecule has 1 unspecified atom stereocenters. The van der Waals surface area contributed by atoms with Crippen LogP contribution in [0.5, 0.6) is 0 Å². The monoisotopic (exact) mass is 314 g/mol. The van der Waals surface area contributed by atoms with Crippen LogP contribution < -0.4 is 11.3 Å². The van der Waals surface area contributed by atoms with Crippen molar-refractivity contribution < 1.29 is 0 Å². The van der Waals surface area contributed by atoms with Gasteiger partial charge in [-0.3, -0.25) is 10.5 Å². The first kappa shape index (κ1) is 12.6. The lowest BCUT2D eigenvalue weighted by Gasteiger charge is -2.14. The number of aromatic nitrogens is 2. The number of nitrogens with one attached hydrogen (secondary N) is 1. The molecule has 90 valence electrons. The molecule has 0 aliphatic heterocycles. The Balaban J connectivity index is 2.41. The Bertz CT molecular complexity index is 506. The summed E-state index contributed by atoms with van der Waals surface area (Å²) in [6, 6.07) is 7.40. The molecule has 6 heteroatoms. The van der Waals surface area contributed by atoms with Gasteiger partial charge in [0, 0.05) is 22.7 Å². The van der Waals surface area contributed by atoms with E-state index in [0.717, 1.165) is 15.7 Å². The van der Waals surface area contributed by atoms with Crippen molar-refractivity contribution in [2.24, 2.45) is 12.9 Å². The quantitative estimate of drug-likeness (QED) is 0.675. The van der Waals surface area contributed by atoms with Crippen molar-refractivity contribution in [1.29, 1.82) is 0 Å². The Hall–Kier alpha value is -0.880. The third-order valence-electron chi connectivity index (χ3n) is 2.41. The molecule has 0 aliphatic rings. The molecule has 0 spiro atoms. The van der Waals surface area contributed by atoms with E-state index in [0.29, 0.717) is 5.02 Å². The number of halogens is 2. The smallest absolute Gasteiger partial charge is 0.0900 e. The number of nitrogens with zero attached hydrogens (tertiary/aromatic N) is 2. The summed E-state index contributed by atoms with van der Waals surface area (Å²) in [5, 5.41) is 4.99. The molecule has 0 aliphatic carbocycles. The maximum atomic E-state index is 6.02. The lowest BCUT2D eigenvalue weighted by Crippen LogP contribution is -2.29. The van der Waals surface area contributed by atoms with Crippen molar-refractivity contribution in [3.63, 3.8) is 0 Å². The van der Waals surface area contributed by atoms with Crippen molar-refractivity contribution in [3.8, 4) is 0 Å². The van der Waals surface area contributed by atoms with Gasteiger partial charge in [0.1, 0.15) is 0 Å². The fourth-order valence-corrected chi connectivity index (χ4v) is 2.57. The number of benzene rings is 1. The molecule has 1 heterocycles. The Morgan fingerprint density at radius 3 is 2.76 bits per heavy atom. The molecule has 0 saturated carbocycles. The molecule has 2 rings (SSSR count). The molecule has 1 atom stereocenters. The molecule has 0 fully saturated rings. The SMILES string of the molecule is Cn1ccc(C(NN)c2cc(Cl)cc(Br)c2)n1. The second kappa shape index (κ2) is 5.18. The summed E-state index contributed by atoms with van der Waals surface area (Å²) >= 11 is 9.43. The summed E-state index contributed by atoms with van der Waals surface area (Å²) < 4.78 is 2.65. The van der Waals surface area contributed by atoms with Crippen molar-refractivity contribution in [3.05, 3.63) is 51.2 Å². The van der Waals surface area contributed by atoms with Crippen molar-refractivity contribution >= 4 is 27.5 Å². The fraction of sp³-hybridized carbons (Fsp3) is 0.182. The number of hydrogen-bond acceptors (Lipinski definition) is 3. The number of hydrazine groups is 1. The van der Waals surface area contributed by atoms with Crippen LogP contribution >= 0.6 is 27.5 Å². The van der Waals surface area contributed by atoms with Crippen molar-refractivity contribution in [2.75, 3.05) is 0 Å². The van der Waals surface area contributed by atoms with E-state index in [4.69, 9.17) is 17.4 Å². The highest BCUT2D eigenvalue weighted by atomic mass is 79.9. The predicted octanol–water partition coefficient (Wildman–Crippen LogP) is 2.39. The fourth-order valence-electron chi connectivity index (χ4n) is 1.68. The summed E-state index contributed by atoms with van der Waals surface area (Å²) in [5.74, 6) is 5.59. The first-order chi connectivity index (χ1) is 8.10. The van der Waals surface area contributed by atoms with E-state index in [1.54, 1.807) is 4.68 Å². The molecule has 1 aromatic carbocycles. The first-order valence-corrected chi connectivity index (χ1v) is 6.19. The summed E-state index contributed by atoms with van der Waals surface area (Å²) in [5.41, 5.74) is 4.56. The standard InChI is InChI=1S/C11H12BrClN4/c1-17-3-2-10(16-17)11(15-14)7-4-8(12)6-9(13)5-7/h2-6,11,15H,14H2,1H3. The van der Waals surface area contributed by atoms with E-state index >= 15 is 0 Å². The predicted molar refractivity (Wildman–Crippen MR) is 71.5 cm³/mol. The number of hydrogen-bond donors (Lipinski definition) is 2. The van der Waals surface area contributed by atoms with Crippen LogP contribution in [-0.2, 0) is 7.05 Å². The molecule has 0 radical (unpaired) electrons. The van der Waals surface area contributed by atoms with Gasteiger partial charge >= 0.3 is 0 Å². The van der Waals surface area contributed by atoms with Gasteiger partial charge in [0.25, 0.3) is 0 Å².